The van der Waals surface area contributed by atoms with E-state index in [0.29, 0.717) is 25.9 Å². The van der Waals surface area contributed by atoms with Gasteiger partial charge in [0.25, 0.3) is 27.8 Å². The SMILES string of the molecule is CC[C@@]1(CF)O[C@@H](n2ccc(=O)[nH]c2=O)C(=O)[C@@H]1C.CC[C@@]1(CF)O[C@@H](n2ccc(=O)[nH]c2=O)[C@](O)(CO)[C@@H]1C.CC[C@@]1(CF)O[C@@H](n2ccc(=O)[nH]c2=O)[C@](O)(COC(C)=O)[C@@H]1C.CC[C@@]1(CF)O[C@@H](n2ccc(=O)[nH]c2=O)[C@]2(CO2)[C@@H]1C.CC[C@@]1(CF)O[C@@H](n2ccc(=O)[nH]c2=O)[C@]2(COC(=S)O2)[C@@H]1C. The van der Waals surface area contributed by atoms with Gasteiger partial charge in [-0.2, -0.15) is 0 Å². The average molecular weight is 1550 g/mol. The average Bonchev–Trinajstić information content (AvgIpc) is 1.54. The van der Waals surface area contributed by atoms with Gasteiger partial charge in [0, 0.05) is 104 Å². The van der Waals surface area contributed by atoms with Gasteiger partial charge in [-0.3, -0.25) is 81.3 Å². The van der Waals surface area contributed by atoms with Gasteiger partial charge in [0.2, 0.25) is 0 Å². The molecule has 0 unspecified atom stereocenters. The molecule has 2 spiro atoms. The van der Waals surface area contributed by atoms with Gasteiger partial charge < -0.3 is 58.0 Å². The van der Waals surface area contributed by atoms with Crippen LogP contribution in [-0.4, -0.2) is 190 Å². The maximum atomic E-state index is 13.8. The minimum Gasteiger partial charge on any atom is -0.463 e. The van der Waals surface area contributed by atoms with Crippen molar-refractivity contribution in [2.75, 3.05) is 59.8 Å². The van der Waals surface area contributed by atoms with Crippen molar-refractivity contribution in [1.82, 2.24) is 47.8 Å². The predicted octanol–water partition coefficient (Wildman–Crippen LogP) is 1.53. The van der Waals surface area contributed by atoms with Gasteiger partial charge in [-0.1, -0.05) is 69.2 Å². The van der Waals surface area contributed by atoms with Crippen molar-refractivity contribution in [3.63, 3.8) is 0 Å². The van der Waals surface area contributed by atoms with Crippen LogP contribution < -0.4 is 56.2 Å². The number of thiocarbonyl (C=S) groups is 1. The first-order chi connectivity index (χ1) is 50.4. The van der Waals surface area contributed by atoms with Crippen LogP contribution in [0.25, 0.3) is 0 Å². The topological polar surface area (TPSA) is 456 Å². The first-order valence-corrected chi connectivity index (χ1v) is 34.8. The van der Waals surface area contributed by atoms with E-state index in [1.165, 1.54) is 46.8 Å². The molecule has 7 saturated heterocycles. The molecule has 0 bridgehead atoms. The monoisotopic (exact) mass is 1540 g/mol. The molecule has 12 heterocycles. The second kappa shape index (κ2) is 32.4. The number of aliphatic hydroxyl groups is 3. The third kappa shape index (κ3) is 15.1. The van der Waals surface area contributed by atoms with E-state index < -0.39 is 214 Å². The summed E-state index contributed by atoms with van der Waals surface area (Å²) in [5.74, 6) is -3.75. The summed E-state index contributed by atoms with van der Waals surface area (Å²) in [7, 11) is 0. The number of hydrogen-bond donors (Lipinski definition) is 8. The molecule has 7 aliphatic heterocycles. The Labute approximate surface area is 609 Å². The Morgan fingerprint density at radius 2 is 0.785 bits per heavy atom. The molecule has 34 nitrogen and oxygen atoms in total. The Morgan fingerprint density at radius 1 is 0.477 bits per heavy atom. The van der Waals surface area contributed by atoms with Gasteiger partial charge in [-0.15, -0.1) is 0 Å². The Kier molecular flexibility index (Phi) is 25.5. The molecule has 7 fully saturated rings. The van der Waals surface area contributed by atoms with Crippen LogP contribution in [-0.2, 0) is 52.2 Å². The van der Waals surface area contributed by atoms with E-state index >= 15 is 0 Å². The maximum Gasteiger partial charge on any atom is 0.353 e. The molecule has 107 heavy (non-hydrogen) atoms. The molecule has 0 aliphatic carbocycles. The number of ketones is 1. The lowest BCUT2D eigenvalue weighted by Gasteiger charge is -2.33. The number of ether oxygens (including phenoxy) is 9. The van der Waals surface area contributed by atoms with Crippen molar-refractivity contribution in [3.8, 4) is 0 Å². The quantitative estimate of drug-likeness (QED) is 0.0267. The third-order valence-electron chi connectivity index (χ3n) is 22.6. The van der Waals surface area contributed by atoms with Crippen molar-refractivity contribution < 1.29 is 89.5 Å². The van der Waals surface area contributed by atoms with E-state index in [-0.39, 0.29) is 36.4 Å². The van der Waals surface area contributed by atoms with E-state index in [4.69, 9.17) is 54.8 Å². The molecule has 0 radical (unpaired) electrons. The first-order valence-electron chi connectivity index (χ1n) is 34.4. The Bertz CT molecular complexity index is 4670. The third-order valence-corrected chi connectivity index (χ3v) is 22.8. The van der Waals surface area contributed by atoms with Gasteiger partial charge in [0.15, 0.2) is 42.5 Å². The molecular formula is C67H89F5N10O24S. The summed E-state index contributed by atoms with van der Waals surface area (Å²) in [6.45, 7) is 13.7. The number of carbonyl (C=O) groups excluding carboxylic acids is 2. The minimum atomic E-state index is -1.84. The summed E-state index contributed by atoms with van der Waals surface area (Å²) in [6, 6.07) is 5.73. The van der Waals surface area contributed by atoms with Gasteiger partial charge in [-0.05, 0) is 32.1 Å². The Balaban J connectivity index is 0.000000169. The fourth-order valence-electron chi connectivity index (χ4n) is 14.6. The van der Waals surface area contributed by atoms with Crippen LogP contribution in [0.1, 0.15) is 139 Å². The van der Waals surface area contributed by atoms with Crippen LogP contribution >= 0.6 is 12.2 Å². The number of hydrogen-bond acceptors (Lipinski definition) is 25. The van der Waals surface area contributed by atoms with Crippen LogP contribution in [0.5, 0.6) is 0 Å². The summed E-state index contributed by atoms with van der Waals surface area (Å²) in [6.07, 6.45) is 2.41. The van der Waals surface area contributed by atoms with Crippen molar-refractivity contribution >= 4 is 29.2 Å². The number of aliphatic hydroxyl groups excluding tert-OH is 1. The molecule has 7 aliphatic rings. The smallest absolute Gasteiger partial charge is 0.353 e. The summed E-state index contributed by atoms with van der Waals surface area (Å²) in [4.78, 5) is 149. The molecule has 0 saturated carbocycles. The number of nitrogens with zero attached hydrogens (tertiary/aromatic N) is 5. The summed E-state index contributed by atoms with van der Waals surface area (Å²) < 4.78 is 123. The molecule has 8 N–H and O–H groups in total. The highest BCUT2D eigenvalue weighted by molar-refractivity contribution is 7.79. The molecule has 0 amide bonds. The van der Waals surface area contributed by atoms with Crippen LogP contribution in [0.4, 0.5) is 22.0 Å². The zero-order chi connectivity index (χ0) is 79.5. The molecule has 0 aromatic carbocycles. The van der Waals surface area contributed by atoms with E-state index in [2.05, 4.69) is 15.0 Å². The van der Waals surface area contributed by atoms with E-state index in [1.807, 2.05) is 23.8 Å². The van der Waals surface area contributed by atoms with E-state index in [1.54, 1.807) is 55.4 Å². The van der Waals surface area contributed by atoms with Crippen LogP contribution in [0.15, 0.2) is 109 Å². The number of esters is 1. The number of rotatable bonds is 18. The normalized spacial score (nSPS) is 35.0. The molecule has 19 atom stereocenters. The molecule has 12 rings (SSSR count). The number of aromatic amines is 5. The lowest BCUT2D eigenvalue weighted by molar-refractivity contribution is -0.164. The fourth-order valence-corrected chi connectivity index (χ4v) is 14.8. The van der Waals surface area contributed by atoms with Gasteiger partial charge >= 0.3 is 39.7 Å². The Hall–Kier alpha value is -8.48. The highest BCUT2D eigenvalue weighted by Gasteiger charge is 2.71. The number of aromatic nitrogens is 10. The van der Waals surface area contributed by atoms with Crippen molar-refractivity contribution in [3.05, 3.63) is 166 Å². The van der Waals surface area contributed by atoms with Crippen LogP contribution in [0.2, 0.25) is 0 Å². The van der Waals surface area contributed by atoms with Crippen molar-refractivity contribution in [2.45, 2.75) is 190 Å². The largest absolute Gasteiger partial charge is 0.463 e. The fraction of sp³-hybridized carbons (Fsp3) is 0.657. The highest BCUT2D eigenvalue weighted by Crippen LogP contribution is 2.59. The number of H-pyrrole nitrogens is 5. The molecule has 5 aromatic rings. The number of alkyl halides is 5. The van der Waals surface area contributed by atoms with E-state index in [0.717, 1.165) is 44.3 Å². The summed E-state index contributed by atoms with van der Waals surface area (Å²) in [5, 5.41) is 31.3. The molecular weight excluding hydrogens is 1460 g/mol. The van der Waals surface area contributed by atoms with E-state index in [9.17, 15) is 94.8 Å². The second-order valence-corrected chi connectivity index (χ2v) is 27.8. The standard InChI is InChI=1S/C15H21FN2O6.C14H17FN2O5S.C13H19FN2O5.C13H17FN2O4.C12H15FN2O4/c1-4-14(7-16)9(2)15(22,8-23-10(3)19)12(24-14)18-6-5-11(20)17-13(18)21;1-3-13(6-15)8(2)14(7-20-12(23)22-14)10(21-13)17-5-4-9(18)16-11(17)19;1-3-12(6-14)8(2)13(20,7-17)10(21-12)16-5-4-9(18)15-11(16)19;1-3-12(6-14)8(2)13(7-19-13)10(20-12)16-5-4-9(17)15-11(16)18;1-3-12(6-13)7(2)9(17)10(19-12)15-5-4-8(16)14-11(15)18/h5-6,9,12,22H,4,7-8H2,1-3H3,(H,17,20,21);4-5,8,10H,3,6-7H2,1-2H3,(H,16,18,19);4-5,8,10,17,20H,3,6-7H2,1-2H3,(H,15,18,19);4-5,8,10H,3,6-7H2,1-2H3,(H,15,17,18);4-5,7,10H,3,6H2,1-2H3,(H,14,16,18)/t9-,12-,14+,15+;8-,10-,13+,14+;2*8-,10-,12+,13+;7-,10+,12-/m11110/s1. The zero-order valence-corrected chi connectivity index (χ0v) is 61.2. The number of nitrogens with one attached hydrogen (secondary N) is 5. The number of Topliss-reactive ketones (excluding diaryl/α,β-unsaturated/α-hetero) is 1. The minimum absolute atomic E-state index is 0.0466. The Morgan fingerprint density at radius 3 is 1.08 bits per heavy atom. The van der Waals surface area contributed by atoms with Gasteiger partial charge in [-0.25, -0.2) is 45.9 Å². The lowest BCUT2D eigenvalue weighted by Crippen LogP contribution is -2.50. The van der Waals surface area contributed by atoms with Crippen LogP contribution in [0, 0.1) is 29.6 Å². The number of epoxide rings is 1. The second-order valence-electron chi connectivity index (χ2n) is 27.5. The number of carbonyl (C=O) groups is 2. The van der Waals surface area contributed by atoms with Crippen molar-refractivity contribution in [1.29, 1.82) is 0 Å². The van der Waals surface area contributed by atoms with Gasteiger partial charge in [0.05, 0.1) is 19.1 Å². The summed E-state index contributed by atoms with van der Waals surface area (Å²) in [5.41, 5.74) is -17.7. The van der Waals surface area contributed by atoms with Gasteiger partial charge in [0.1, 0.15) is 91.4 Å². The molecule has 40 heteroatoms. The van der Waals surface area contributed by atoms with Crippen LogP contribution in [0.3, 0.4) is 0 Å². The molecule has 5 aromatic heterocycles. The zero-order valence-electron chi connectivity index (χ0n) is 60.4. The molecule has 592 valence electrons. The lowest BCUT2D eigenvalue weighted by atomic mass is 9.78. The maximum absolute atomic E-state index is 13.8. The predicted molar refractivity (Wildman–Crippen MR) is 368 cm³/mol. The first kappa shape index (κ1) is 84.1. The van der Waals surface area contributed by atoms with Crippen molar-refractivity contribution in [2.24, 2.45) is 29.6 Å². The highest BCUT2D eigenvalue weighted by atomic mass is 32.1. The summed E-state index contributed by atoms with van der Waals surface area (Å²) >= 11 is 4.95. The number of halogens is 5.